The van der Waals surface area contributed by atoms with Gasteiger partial charge in [0.05, 0.1) is 39.0 Å². The van der Waals surface area contributed by atoms with Crippen LogP contribution in [0.15, 0.2) is 47.4 Å². The topological polar surface area (TPSA) is 148 Å². The fourth-order valence-corrected chi connectivity index (χ4v) is 7.72. The largest absolute Gasteiger partial charge is 0.481 e. The van der Waals surface area contributed by atoms with Gasteiger partial charge in [0, 0.05) is 5.92 Å². The van der Waals surface area contributed by atoms with Crippen LogP contribution in [0.1, 0.15) is 24.8 Å². The van der Waals surface area contributed by atoms with E-state index >= 15 is 0 Å². The lowest BCUT2D eigenvalue weighted by atomic mass is 9.75. The molecular formula is C24H21Cl2FN2O6S. The number of aliphatic carboxylic acids is 1. The van der Waals surface area contributed by atoms with Gasteiger partial charge in [-0.2, -0.15) is 5.26 Å². The molecule has 2 unspecified atom stereocenters. The van der Waals surface area contributed by atoms with E-state index in [1.165, 1.54) is 30.3 Å². The smallest absolute Gasteiger partial charge is 0.312 e. The Labute approximate surface area is 216 Å². The zero-order chi connectivity index (χ0) is 26.5. The average Bonchev–Trinajstić information content (AvgIpc) is 3.46. The molecule has 0 saturated heterocycles. The van der Waals surface area contributed by atoms with Crippen LogP contribution in [0, 0.1) is 33.9 Å². The zero-order valence-electron chi connectivity index (χ0n) is 18.7. The molecule has 190 valence electrons. The van der Waals surface area contributed by atoms with E-state index in [1.807, 2.05) is 6.07 Å². The van der Waals surface area contributed by atoms with E-state index in [0.29, 0.717) is 5.56 Å². The quantitative estimate of drug-likeness (QED) is 0.504. The van der Waals surface area contributed by atoms with Crippen LogP contribution in [-0.4, -0.2) is 36.8 Å². The minimum absolute atomic E-state index is 0.0191. The van der Waals surface area contributed by atoms with Crippen molar-refractivity contribution in [3.63, 3.8) is 0 Å². The molecule has 0 aliphatic heterocycles. The normalized spacial score (nSPS) is 29.4. The van der Waals surface area contributed by atoms with Crippen LogP contribution in [0.2, 0.25) is 10.0 Å². The van der Waals surface area contributed by atoms with E-state index in [2.05, 4.69) is 0 Å². The van der Waals surface area contributed by atoms with Gasteiger partial charge < -0.3 is 15.6 Å². The van der Waals surface area contributed by atoms with E-state index in [1.54, 1.807) is 6.07 Å². The van der Waals surface area contributed by atoms with Crippen LogP contribution in [-0.2, 0) is 30.8 Å². The van der Waals surface area contributed by atoms with Gasteiger partial charge in [-0.15, -0.1) is 0 Å². The van der Waals surface area contributed by atoms with Crippen LogP contribution < -0.4 is 5.73 Å². The van der Waals surface area contributed by atoms with Crippen molar-refractivity contribution in [3.8, 4) is 6.07 Å². The number of carboxylic acid groups (broad SMARTS) is 1. The summed E-state index contributed by atoms with van der Waals surface area (Å²) in [5.41, 5.74) is 2.12. The first-order valence-corrected chi connectivity index (χ1v) is 13.2. The average molecular weight is 555 g/mol. The number of ether oxygens (including phenoxy) is 1. The Morgan fingerprint density at radius 1 is 1.19 bits per heavy atom. The number of hydrogen-bond donors (Lipinski definition) is 2. The molecule has 0 bridgehead atoms. The zero-order valence-corrected chi connectivity index (χ0v) is 21.0. The van der Waals surface area contributed by atoms with Gasteiger partial charge in [-0.25, -0.2) is 12.8 Å². The first kappa shape index (κ1) is 26.4. The number of benzene rings is 2. The molecule has 0 radical (unpaired) electrons. The molecule has 12 heteroatoms. The van der Waals surface area contributed by atoms with Crippen molar-refractivity contribution in [2.75, 3.05) is 0 Å². The predicted molar refractivity (Wildman–Crippen MR) is 127 cm³/mol. The number of nitrogens with two attached hydrogens (primary N) is 1. The van der Waals surface area contributed by atoms with Gasteiger partial charge in [0.1, 0.15) is 16.6 Å². The van der Waals surface area contributed by atoms with Crippen LogP contribution in [0.3, 0.4) is 0 Å². The van der Waals surface area contributed by atoms with Gasteiger partial charge in [-0.05, 0) is 49.1 Å². The molecule has 0 heterocycles. The van der Waals surface area contributed by atoms with Crippen molar-refractivity contribution in [3.05, 3.63) is 63.9 Å². The first-order chi connectivity index (χ1) is 16.9. The second-order valence-corrected chi connectivity index (χ2v) is 12.1. The summed E-state index contributed by atoms with van der Waals surface area (Å²) in [6, 6.07) is 11.5. The molecule has 8 nitrogen and oxygen atoms in total. The molecule has 2 aromatic carbocycles. The van der Waals surface area contributed by atoms with Gasteiger partial charge in [0.2, 0.25) is 5.91 Å². The fraction of sp³-hybridized carbons (Fsp3) is 0.375. The number of nitriles is 1. The van der Waals surface area contributed by atoms with Crippen LogP contribution in [0.5, 0.6) is 0 Å². The molecule has 4 rings (SSSR count). The third-order valence-corrected chi connectivity index (χ3v) is 10.2. The highest BCUT2D eigenvalue weighted by Gasteiger charge is 2.75. The molecule has 5 atom stereocenters. The van der Waals surface area contributed by atoms with Crippen molar-refractivity contribution in [1.29, 1.82) is 5.26 Å². The maximum atomic E-state index is 13.9. The number of sulfone groups is 1. The van der Waals surface area contributed by atoms with Crippen molar-refractivity contribution < 1.29 is 32.2 Å². The van der Waals surface area contributed by atoms with Gasteiger partial charge in [0.15, 0.2) is 9.84 Å². The summed E-state index contributed by atoms with van der Waals surface area (Å²) in [5, 5.41) is 18.7. The van der Waals surface area contributed by atoms with Crippen molar-refractivity contribution in [2.45, 2.75) is 42.1 Å². The molecule has 2 fully saturated rings. The lowest BCUT2D eigenvalue weighted by Crippen LogP contribution is -2.45. The van der Waals surface area contributed by atoms with E-state index in [0.717, 1.165) is 6.07 Å². The summed E-state index contributed by atoms with van der Waals surface area (Å²) in [4.78, 5) is 24.8. The Balaban J connectivity index is 1.75. The minimum Gasteiger partial charge on any atom is -0.481 e. The monoisotopic (exact) mass is 554 g/mol. The number of carbonyl (C=O) groups is 2. The van der Waals surface area contributed by atoms with Crippen molar-refractivity contribution in [2.24, 2.45) is 22.5 Å². The summed E-state index contributed by atoms with van der Waals surface area (Å²) < 4.78 is 46.9. The summed E-state index contributed by atoms with van der Waals surface area (Å²) >= 11 is 11.8. The number of nitrogens with zero attached hydrogens (tertiary/aromatic N) is 1. The molecule has 2 aliphatic carbocycles. The summed E-state index contributed by atoms with van der Waals surface area (Å²) in [7, 11) is -4.12. The maximum Gasteiger partial charge on any atom is 0.312 e. The van der Waals surface area contributed by atoms with Gasteiger partial charge in [-0.3, -0.25) is 9.59 Å². The molecule has 36 heavy (non-hydrogen) atoms. The highest BCUT2D eigenvalue weighted by molar-refractivity contribution is 7.92. The second-order valence-electron chi connectivity index (χ2n) is 9.14. The van der Waals surface area contributed by atoms with E-state index in [-0.39, 0.29) is 34.4 Å². The molecule has 2 aliphatic rings. The Bertz CT molecular complexity index is 1400. The number of hydrogen-bond acceptors (Lipinski definition) is 6. The minimum atomic E-state index is -4.12. The number of carboxylic acids is 1. The molecule has 1 amide bonds. The van der Waals surface area contributed by atoms with Gasteiger partial charge >= 0.3 is 5.97 Å². The first-order valence-electron chi connectivity index (χ1n) is 10.9. The lowest BCUT2D eigenvalue weighted by molar-refractivity contribution is -0.161. The standard InChI is InChI=1S/C24H21Cl2FN2O6S/c25-15-6-5-13(7-17(15)27)11-35-20-8-14(36(33,34)18-4-2-1-3-16(18)26)9-24(20,22(31)32)19-10-23(19,12-28)21(29)30/h1-7,14,19-20H,8-11H2,(H2,29,30)(H,31,32)/t14-,19?,20+,23?,24+/m0/s1. The summed E-state index contributed by atoms with van der Waals surface area (Å²) in [6.45, 7) is -0.254. The van der Waals surface area contributed by atoms with Crippen LogP contribution in [0.4, 0.5) is 4.39 Å². The van der Waals surface area contributed by atoms with E-state index in [9.17, 15) is 32.8 Å². The third-order valence-electron chi connectivity index (χ3n) is 7.25. The lowest BCUT2D eigenvalue weighted by Gasteiger charge is -2.32. The van der Waals surface area contributed by atoms with Gasteiger partial charge in [0.25, 0.3) is 0 Å². The van der Waals surface area contributed by atoms with E-state index in [4.69, 9.17) is 33.7 Å². The molecule has 0 aromatic heterocycles. The predicted octanol–water partition coefficient (Wildman–Crippen LogP) is 3.74. The summed E-state index contributed by atoms with van der Waals surface area (Å²) in [5.74, 6) is -4.16. The second kappa shape index (κ2) is 9.30. The Morgan fingerprint density at radius 2 is 1.89 bits per heavy atom. The number of halogens is 3. The maximum absolute atomic E-state index is 13.9. The Kier molecular flexibility index (Phi) is 6.81. The number of amides is 1. The number of rotatable bonds is 8. The van der Waals surface area contributed by atoms with Gasteiger partial charge in [-0.1, -0.05) is 41.4 Å². The van der Waals surface area contributed by atoms with E-state index < -0.39 is 62.1 Å². The molecular weight excluding hydrogens is 534 g/mol. The Hall–Kier alpha value is -2.71. The SMILES string of the molecule is N#CC1(C(N)=O)CC1[C@]1(C(=O)O)C[C@@H](S(=O)(=O)c2ccccc2Cl)C[C@H]1OCc1ccc(Cl)c(F)c1. The third kappa shape index (κ3) is 4.14. The highest BCUT2D eigenvalue weighted by Crippen LogP contribution is 2.67. The molecule has 2 saturated carbocycles. The Morgan fingerprint density at radius 3 is 2.44 bits per heavy atom. The summed E-state index contributed by atoms with van der Waals surface area (Å²) in [6.07, 6.45) is -2.03. The van der Waals surface area contributed by atoms with Crippen molar-refractivity contribution >= 4 is 44.9 Å². The molecule has 2 aromatic rings. The number of primary amides is 1. The highest BCUT2D eigenvalue weighted by atomic mass is 35.5. The molecule has 3 N–H and O–H groups in total. The molecule has 0 spiro atoms. The van der Waals surface area contributed by atoms with Crippen molar-refractivity contribution in [1.82, 2.24) is 0 Å². The van der Waals surface area contributed by atoms with Crippen LogP contribution >= 0.6 is 23.2 Å². The van der Waals surface area contributed by atoms with Crippen LogP contribution in [0.25, 0.3) is 0 Å². The number of carbonyl (C=O) groups excluding carboxylic acids is 1. The fourth-order valence-electron chi connectivity index (χ4n) is 5.25.